The van der Waals surface area contributed by atoms with Crippen LogP contribution in [0.15, 0.2) is 78.9 Å². The summed E-state index contributed by atoms with van der Waals surface area (Å²) < 4.78 is 19.5. The van der Waals surface area contributed by atoms with Gasteiger partial charge in [-0.2, -0.15) is 0 Å². The van der Waals surface area contributed by atoms with Gasteiger partial charge in [0.05, 0.1) is 6.54 Å². The number of benzene rings is 3. The number of amides is 2. The van der Waals surface area contributed by atoms with Crippen LogP contribution < -0.4 is 15.4 Å². The molecule has 1 fully saturated rings. The highest BCUT2D eigenvalue weighted by atomic mass is 19.1. The molecule has 1 aliphatic rings. The van der Waals surface area contributed by atoms with Gasteiger partial charge in [-0.1, -0.05) is 42.5 Å². The maximum absolute atomic E-state index is 13.7. The number of rotatable bonds is 9. The number of para-hydroxylation sites is 1. The Morgan fingerprint density at radius 3 is 2.40 bits per heavy atom. The van der Waals surface area contributed by atoms with E-state index < -0.39 is 0 Å². The minimum Gasteiger partial charge on any atom is -0.457 e. The van der Waals surface area contributed by atoms with Gasteiger partial charge in [0.2, 0.25) is 11.8 Å². The molecule has 2 N–H and O–H groups in total. The van der Waals surface area contributed by atoms with Crippen LogP contribution in [-0.4, -0.2) is 42.9 Å². The molecule has 0 aliphatic carbocycles. The summed E-state index contributed by atoms with van der Waals surface area (Å²) in [6.45, 7) is 2.03. The van der Waals surface area contributed by atoms with E-state index in [4.69, 9.17) is 4.74 Å². The lowest BCUT2D eigenvalue weighted by molar-refractivity contribution is -0.126. The molecule has 7 heteroatoms. The molecule has 3 aromatic rings. The van der Waals surface area contributed by atoms with Gasteiger partial charge in [-0.15, -0.1) is 0 Å². The van der Waals surface area contributed by atoms with Crippen molar-refractivity contribution in [1.29, 1.82) is 0 Å². The highest BCUT2D eigenvalue weighted by molar-refractivity contribution is 5.92. The van der Waals surface area contributed by atoms with Crippen LogP contribution in [0.1, 0.15) is 18.4 Å². The molecule has 1 heterocycles. The predicted octanol–water partition coefficient (Wildman–Crippen LogP) is 4.63. The summed E-state index contributed by atoms with van der Waals surface area (Å²) in [4.78, 5) is 27.1. The second-order valence-corrected chi connectivity index (χ2v) is 8.67. The number of hydrogen-bond donors (Lipinski definition) is 2. The molecule has 0 bridgehead atoms. The SMILES string of the molecule is O=C(CN1CCC(C(=O)NCCc2ccccc2F)CC1)Nc1cccc(Oc2ccccc2)c1. The largest absolute Gasteiger partial charge is 0.457 e. The topological polar surface area (TPSA) is 70.7 Å². The highest BCUT2D eigenvalue weighted by Gasteiger charge is 2.25. The van der Waals surface area contributed by atoms with Crippen LogP contribution in [0.5, 0.6) is 11.5 Å². The van der Waals surface area contributed by atoms with Crippen molar-refractivity contribution in [3.63, 3.8) is 0 Å². The number of likely N-dealkylation sites (tertiary alicyclic amines) is 1. The zero-order valence-electron chi connectivity index (χ0n) is 19.6. The molecule has 0 spiro atoms. The van der Waals surface area contributed by atoms with Crippen LogP contribution in [-0.2, 0) is 16.0 Å². The molecule has 0 radical (unpaired) electrons. The van der Waals surface area contributed by atoms with Crippen molar-refractivity contribution in [1.82, 2.24) is 10.2 Å². The van der Waals surface area contributed by atoms with Crippen LogP contribution in [0.3, 0.4) is 0 Å². The molecule has 0 saturated carbocycles. The summed E-state index contributed by atoms with van der Waals surface area (Å²) in [6, 6.07) is 23.4. The van der Waals surface area contributed by atoms with Gasteiger partial charge in [-0.05, 0) is 68.2 Å². The Bertz CT molecular complexity index is 1130. The molecule has 182 valence electrons. The van der Waals surface area contributed by atoms with Crippen molar-refractivity contribution in [3.8, 4) is 11.5 Å². The Balaban J connectivity index is 1.17. The zero-order chi connectivity index (χ0) is 24.5. The van der Waals surface area contributed by atoms with E-state index in [1.807, 2.05) is 48.5 Å². The van der Waals surface area contributed by atoms with Gasteiger partial charge >= 0.3 is 0 Å². The number of hydrogen-bond acceptors (Lipinski definition) is 4. The maximum Gasteiger partial charge on any atom is 0.238 e. The fourth-order valence-electron chi connectivity index (χ4n) is 4.18. The maximum atomic E-state index is 13.7. The summed E-state index contributed by atoms with van der Waals surface area (Å²) in [6.07, 6.45) is 1.85. The third-order valence-corrected chi connectivity index (χ3v) is 6.07. The van der Waals surface area contributed by atoms with E-state index in [1.165, 1.54) is 6.07 Å². The van der Waals surface area contributed by atoms with Crippen molar-refractivity contribution in [3.05, 3.63) is 90.2 Å². The van der Waals surface area contributed by atoms with E-state index in [2.05, 4.69) is 15.5 Å². The molecule has 1 saturated heterocycles. The van der Waals surface area contributed by atoms with Crippen molar-refractivity contribution >= 4 is 17.5 Å². The fourth-order valence-corrected chi connectivity index (χ4v) is 4.18. The van der Waals surface area contributed by atoms with Gasteiger partial charge in [0.1, 0.15) is 17.3 Å². The predicted molar refractivity (Wildman–Crippen MR) is 134 cm³/mol. The molecule has 0 unspecified atom stereocenters. The molecule has 3 aromatic carbocycles. The molecule has 1 aliphatic heterocycles. The molecule has 35 heavy (non-hydrogen) atoms. The number of nitrogens with zero attached hydrogens (tertiary/aromatic N) is 1. The van der Waals surface area contributed by atoms with Crippen LogP contribution in [0.4, 0.5) is 10.1 Å². The Morgan fingerprint density at radius 2 is 1.63 bits per heavy atom. The van der Waals surface area contributed by atoms with Crippen molar-refractivity contribution in [2.75, 3.05) is 31.5 Å². The zero-order valence-corrected chi connectivity index (χ0v) is 19.6. The minimum absolute atomic E-state index is 0.000622. The van der Waals surface area contributed by atoms with Crippen LogP contribution in [0.2, 0.25) is 0 Å². The third-order valence-electron chi connectivity index (χ3n) is 6.07. The van der Waals surface area contributed by atoms with E-state index in [0.717, 1.165) is 5.75 Å². The van der Waals surface area contributed by atoms with E-state index in [0.29, 0.717) is 55.9 Å². The normalized spacial score (nSPS) is 14.3. The number of piperidine rings is 1. The van der Waals surface area contributed by atoms with Gasteiger partial charge in [0.25, 0.3) is 0 Å². The van der Waals surface area contributed by atoms with E-state index in [9.17, 15) is 14.0 Å². The summed E-state index contributed by atoms with van der Waals surface area (Å²) in [5.74, 6) is 0.951. The van der Waals surface area contributed by atoms with Gasteiger partial charge in [0.15, 0.2) is 0 Å². The van der Waals surface area contributed by atoms with Gasteiger partial charge in [-0.3, -0.25) is 14.5 Å². The van der Waals surface area contributed by atoms with Gasteiger partial charge in [0, 0.05) is 24.2 Å². The lowest BCUT2D eigenvalue weighted by Gasteiger charge is -2.30. The molecule has 2 amide bonds. The van der Waals surface area contributed by atoms with E-state index >= 15 is 0 Å². The first-order valence-electron chi connectivity index (χ1n) is 11.9. The average molecular weight is 476 g/mol. The van der Waals surface area contributed by atoms with Gasteiger partial charge in [-0.25, -0.2) is 4.39 Å². The summed E-state index contributed by atoms with van der Waals surface area (Å²) in [7, 11) is 0. The molecular formula is C28H30FN3O3. The second-order valence-electron chi connectivity index (χ2n) is 8.67. The third kappa shape index (κ3) is 7.39. The Hall–Kier alpha value is -3.71. The standard InChI is InChI=1S/C28H30FN3O3/c29-26-12-5-4-7-21(26)13-16-30-28(34)22-14-17-32(18-15-22)20-27(33)31-23-8-6-11-25(19-23)35-24-9-2-1-3-10-24/h1-12,19,22H,13-18,20H2,(H,30,34)(H,31,33). The number of anilines is 1. The molecule has 4 rings (SSSR count). The average Bonchev–Trinajstić information content (AvgIpc) is 2.86. The smallest absolute Gasteiger partial charge is 0.238 e. The summed E-state index contributed by atoms with van der Waals surface area (Å²) >= 11 is 0. The first-order valence-corrected chi connectivity index (χ1v) is 11.9. The van der Waals surface area contributed by atoms with Crippen LogP contribution >= 0.6 is 0 Å². The number of carbonyl (C=O) groups is 2. The number of nitrogens with one attached hydrogen (secondary N) is 2. The second kappa shape index (κ2) is 12.1. The monoisotopic (exact) mass is 475 g/mol. The van der Waals surface area contributed by atoms with Crippen molar-refractivity contribution < 1.29 is 18.7 Å². The van der Waals surface area contributed by atoms with Crippen LogP contribution in [0, 0.1) is 11.7 Å². The number of ether oxygens (including phenoxy) is 1. The van der Waals surface area contributed by atoms with E-state index in [1.54, 1.807) is 24.3 Å². The first kappa shape index (κ1) is 24.4. The van der Waals surface area contributed by atoms with E-state index in [-0.39, 0.29) is 30.1 Å². The fraction of sp³-hybridized carbons (Fsp3) is 0.286. The number of carbonyl (C=O) groups excluding carboxylic acids is 2. The highest BCUT2D eigenvalue weighted by Crippen LogP contribution is 2.24. The Kier molecular flexibility index (Phi) is 8.46. The Labute approximate surface area is 205 Å². The Morgan fingerprint density at radius 1 is 0.914 bits per heavy atom. The lowest BCUT2D eigenvalue weighted by Crippen LogP contribution is -2.43. The lowest BCUT2D eigenvalue weighted by atomic mass is 9.96. The van der Waals surface area contributed by atoms with Gasteiger partial charge < -0.3 is 15.4 Å². The summed E-state index contributed by atoms with van der Waals surface area (Å²) in [5, 5.41) is 5.85. The molecule has 6 nitrogen and oxygen atoms in total. The first-order chi connectivity index (χ1) is 17.1. The van der Waals surface area contributed by atoms with Crippen LogP contribution in [0.25, 0.3) is 0 Å². The molecule has 0 atom stereocenters. The van der Waals surface area contributed by atoms with Crippen molar-refractivity contribution in [2.45, 2.75) is 19.3 Å². The quantitative estimate of drug-likeness (QED) is 0.474. The minimum atomic E-state index is -0.246. The number of halogens is 1. The molecule has 0 aromatic heterocycles. The summed E-state index contributed by atoms with van der Waals surface area (Å²) in [5.41, 5.74) is 1.28. The molecular weight excluding hydrogens is 445 g/mol. The van der Waals surface area contributed by atoms with Crippen molar-refractivity contribution in [2.24, 2.45) is 5.92 Å².